The van der Waals surface area contributed by atoms with Crippen molar-refractivity contribution in [1.29, 1.82) is 0 Å². The summed E-state index contributed by atoms with van der Waals surface area (Å²) in [5.74, 6) is 0.0620. The van der Waals surface area contributed by atoms with Gasteiger partial charge in [0, 0.05) is 43.3 Å². The Morgan fingerprint density at radius 2 is 1.72 bits per heavy atom. The van der Waals surface area contributed by atoms with Crippen molar-refractivity contribution >= 4 is 39.4 Å². The van der Waals surface area contributed by atoms with E-state index >= 15 is 0 Å². The molecule has 1 amide bonds. The molecule has 2 aromatic heterocycles. The second-order valence-electron chi connectivity index (χ2n) is 7.22. The van der Waals surface area contributed by atoms with E-state index in [0.29, 0.717) is 13.0 Å². The van der Waals surface area contributed by atoms with Gasteiger partial charge >= 0.3 is 0 Å². The number of anilines is 2. The number of aromatic nitrogens is 1. The maximum absolute atomic E-state index is 13.4. The third kappa shape index (κ3) is 4.30. The molecule has 0 unspecified atom stereocenters. The Balaban J connectivity index is 1.65. The zero-order valence-electron chi connectivity index (χ0n) is 16.6. The number of fused-ring (bicyclic) bond motifs is 1. The summed E-state index contributed by atoms with van der Waals surface area (Å²) in [5, 5.41) is 6.27. The highest BCUT2D eigenvalue weighted by atomic mass is 32.1. The van der Waals surface area contributed by atoms with Crippen LogP contribution in [-0.2, 0) is 17.8 Å². The van der Waals surface area contributed by atoms with Crippen LogP contribution in [0.4, 0.5) is 11.4 Å². The number of carbonyl (C=O) groups excluding carboxylic acids is 1. The van der Waals surface area contributed by atoms with Gasteiger partial charge in [0.05, 0.1) is 13.0 Å². The minimum absolute atomic E-state index is 0.0620. The lowest BCUT2D eigenvalue weighted by atomic mass is 10.0. The van der Waals surface area contributed by atoms with Crippen LogP contribution in [0, 0.1) is 0 Å². The van der Waals surface area contributed by atoms with E-state index in [-0.39, 0.29) is 5.91 Å². The Kier molecular flexibility index (Phi) is 5.58. The van der Waals surface area contributed by atoms with Crippen molar-refractivity contribution in [3.05, 3.63) is 88.9 Å². The van der Waals surface area contributed by atoms with Crippen LogP contribution in [0.5, 0.6) is 0 Å². The molecule has 0 saturated carbocycles. The van der Waals surface area contributed by atoms with Crippen LogP contribution < -0.4 is 9.80 Å². The molecule has 4 nitrogen and oxygen atoms in total. The van der Waals surface area contributed by atoms with Crippen molar-refractivity contribution in [1.82, 2.24) is 4.98 Å². The quantitative estimate of drug-likeness (QED) is 0.449. The van der Waals surface area contributed by atoms with Gasteiger partial charge in [0.1, 0.15) is 0 Å². The van der Waals surface area contributed by atoms with Gasteiger partial charge in [-0.05, 0) is 57.6 Å². The lowest BCUT2D eigenvalue weighted by Gasteiger charge is -2.24. The number of hydrogen-bond acceptors (Lipinski definition) is 4. The van der Waals surface area contributed by atoms with Crippen LogP contribution in [0.1, 0.15) is 11.1 Å². The number of thiophene rings is 1. The summed E-state index contributed by atoms with van der Waals surface area (Å²) < 4.78 is 0. The molecule has 0 aliphatic carbocycles. The molecule has 4 aromatic rings. The van der Waals surface area contributed by atoms with Gasteiger partial charge in [0.25, 0.3) is 0 Å². The standard InChI is InChI=1S/C24H23N3OS/c1-26(2)21-7-9-22(10-8-21)27(16-18-11-12-29-17-18)24(28)13-20-15-25-14-19-5-3-4-6-23(19)20/h3-12,14-15,17H,13,16H2,1-2H3. The van der Waals surface area contributed by atoms with Crippen molar-refractivity contribution in [2.75, 3.05) is 23.9 Å². The van der Waals surface area contributed by atoms with Gasteiger partial charge in [-0.15, -0.1) is 0 Å². The molecular weight excluding hydrogens is 378 g/mol. The fourth-order valence-electron chi connectivity index (χ4n) is 3.40. The van der Waals surface area contributed by atoms with E-state index in [9.17, 15) is 4.79 Å². The molecule has 0 aliphatic heterocycles. The third-order valence-corrected chi connectivity index (χ3v) is 5.72. The number of amides is 1. The van der Waals surface area contributed by atoms with Crippen molar-refractivity contribution < 1.29 is 4.79 Å². The Hall–Kier alpha value is -3.18. The Morgan fingerprint density at radius 1 is 0.966 bits per heavy atom. The third-order valence-electron chi connectivity index (χ3n) is 4.99. The average molecular weight is 402 g/mol. The second kappa shape index (κ2) is 8.45. The first-order chi connectivity index (χ1) is 14.1. The van der Waals surface area contributed by atoms with E-state index < -0.39 is 0 Å². The number of pyridine rings is 1. The average Bonchev–Trinajstić information content (AvgIpc) is 3.26. The molecule has 5 heteroatoms. The summed E-state index contributed by atoms with van der Waals surface area (Å²) in [6, 6.07) is 18.3. The number of benzene rings is 2. The predicted octanol–water partition coefficient (Wildman–Crippen LogP) is 5.14. The van der Waals surface area contributed by atoms with E-state index in [4.69, 9.17) is 0 Å². The molecule has 0 spiro atoms. The molecule has 146 valence electrons. The fraction of sp³-hybridized carbons (Fsp3) is 0.167. The monoisotopic (exact) mass is 401 g/mol. The van der Waals surface area contributed by atoms with E-state index in [1.165, 1.54) is 0 Å². The minimum Gasteiger partial charge on any atom is -0.378 e. The maximum Gasteiger partial charge on any atom is 0.231 e. The number of rotatable bonds is 6. The number of hydrogen-bond donors (Lipinski definition) is 0. The summed E-state index contributed by atoms with van der Waals surface area (Å²) in [6.07, 6.45) is 3.96. The highest BCUT2D eigenvalue weighted by molar-refractivity contribution is 7.07. The highest BCUT2D eigenvalue weighted by Crippen LogP contribution is 2.24. The van der Waals surface area contributed by atoms with Crippen LogP contribution in [-0.4, -0.2) is 25.0 Å². The SMILES string of the molecule is CN(C)c1ccc(N(Cc2ccsc2)C(=O)Cc2cncc3ccccc23)cc1. The summed E-state index contributed by atoms with van der Waals surface area (Å²) >= 11 is 1.65. The van der Waals surface area contributed by atoms with Crippen LogP contribution in [0.15, 0.2) is 77.8 Å². The van der Waals surface area contributed by atoms with Gasteiger partial charge in [0.15, 0.2) is 0 Å². The van der Waals surface area contributed by atoms with Crippen LogP contribution in [0.3, 0.4) is 0 Å². The first kappa shape index (κ1) is 19.2. The summed E-state index contributed by atoms with van der Waals surface area (Å²) in [5.41, 5.74) is 4.10. The van der Waals surface area contributed by atoms with Crippen molar-refractivity contribution in [3.63, 3.8) is 0 Å². The Bertz CT molecular complexity index is 1100. The predicted molar refractivity (Wildman–Crippen MR) is 122 cm³/mol. The molecule has 2 heterocycles. The zero-order chi connectivity index (χ0) is 20.2. The zero-order valence-corrected chi connectivity index (χ0v) is 17.4. The van der Waals surface area contributed by atoms with Gasteiger partial charge in [-0.1, -0.05) is 24.3 Å². The lowest BCUT2D eigenvalue weighted by molar-refractivity contribution is -0.118. The van der Waals surface area contributed by atoms with E-state index in [1.807, 2.05) is 73.0 Å². The highest BCUT2D eigenvalue weighted by Gasteiger charge is 2.18. The molecule has 0 N–H and O–H groups in total. The Labute approximate surface area is 175 Å². The summed E-state index contributed by atoms with van der Waals surface area (Å²) in [7, 11) is 4.02. The molecule has 2 aromatic carbocycles. The topological polar surface area (TPSA) is 36.4 Å². The fourth-order valence-corrected chi connectivity index (χ4v) is 4.06. The largest absolute Gasteiger partial charge is 0.378 e. The molecule has 0 saturated heterocycles. The molecule has 0 bridgehead atoms. The van der Waals surface area contributed by atoms with Crippen LogP contribution in [0.2, 0.25) is 0 Å². The van der Waals surface area contributed by atoms with Gasteiger partial charge in [-0.2, -0.15) is 11.3 Å². The lowest BCUT2D eigenvalue weighted by Crippen LogP contribution is -2.31. The van der Waals surface area contributed by atoms with Crippen LogP contribution >= 0.6 is 11.3 Å². The molecule has 0 fully saturated rings. The number of nitrogens with zero attached hydrogens (tertiary/aromatic N) is 3. The van der Waals surface area contributed by atoms with Crippen molar-refractivity contribution in [2.24, 2.45) is 0 Å². The van der Waals surface area contributed by atoms with E-state index in [0.717, 1.165) is 33.3 Å². The van der Waals surface area contributed by atoms with Crippen molar-refractivity contribution in [2.45, 2.75) is 13.0 Å². The van der Waals surface area contributed by atoms with Gasteiger partial charge < -0.3 is 9.80 Å². The minimum atomic E-state index is 0.0620. The van der Waals surface area contributed by atoms with E-state index in [1.54, 1.807) is 17.5 Å². The first-order valence-corrected chi connectivity index (χ1v) is 10.5. The van der Waals surface area contributed by atoms with Crippen molar-refractivity contribution in [3.8, 4) is 0 Å². The summed E-state index contributed by atoms with van der Waals surface area (Å²) in [4.78, 5) is 21.6. The molecular formula is C24H23N3OS. The first-order valence-electron chi connectivity index (χ1n) is 9.52. The van der Waals surface area contributed by atoms with Gasteiger partial charge in [0.2, 0.25) is 5.91 Å². The van der Waals surface area contributed by atoms with Gasteiger partial charge in [-0.25, -0.2) is 0 Å². The van der Waals surface area contributed by atoms with E-state index in [2.05, 4.69) is 27.4 Å². The van der Waals surface area contributed by atoms with Crippen LogP contribution in [0.25, 0.3) is 10.8 Å². The maximum atomic E-state index is 13.4. The normalized spacial score (nSPS) is 10.8. The molecule has 0 atom stereocenters. The number of carbonyl (C=O) groups is 1. The second-order valence-corrected chi connectivity index (χ2v) is 8.00. The molecule has 0 radical (unpaired) electrons. The molecule has 4 rings (SSSR count). The molecule has 29 heavy (non-hydrogen) atoms. The Morgan fingerprint density at radius 3 is 2.45 bits per heavy atom. The summed E-state index contributed by atoms with van der Waals surface area (Å²) in [6.45, 7) is 0.557. The van der Waals surface area contributed by atoms with Gasteiger partial charge in [-0.3, -0.25) is 9.78 Å². The molecule has 0 aliphatic rings. The smallest absolute Gasteiger partial charge is 0.231 e.